The Morgan fingerprint density at radius 2 is 2.26 bits per heavy atom. The minimum Gasteiger partial charge on any atom is -0.344 e. The zero-order valence-corrected chi connectivity index (χ0v) is 10.7. The van der Waals surface area contributed by atoms with Gasteiger partial charge < -0.3 is 4.90 Å². The first kappa shape index (κ1) is 11.0. The molecular weight excluding hydrogens is 240 g/mol. The van der Waals surface area contributed by atoms with E-state index in [1.54, 1.807) is 6.20 Å². The van der Waals surface area contributed by atoms with Crippen LogP contribution >= 0.6 is 0 Å². The van der Waals surface area contributed by atoms with Gasteiger partial charge in [-0.1, -0.05) is 0 Å². The van der Waals surface area contributed by atoms with Crippen LogP contribution in [0.4, 0.5) is 0 Å². The molecule has 98 valence electrons. The number of hydrogen-bond acceptors (Lipinski definition) is 3. The standard InChI is InChI=1S/C14H16N4O/c19-9-18-7-14(8-18)4-10(5-14)3-11-1-2-12-13(16-11)6-15-17-12/h1-2,6,9-10H,3-5,7-8H2,(H,15,17). The Morgan fingerprint density at radius 3 is 3.05 bits per heavy atom. The highest BCUT2D eigenvalue weighted by atomic mass is 16.1. The van der Waals surface area contributed by atoms with Gasteiger partial charge in [-0.25, -0.2) is 4.98 Å². The van der Waals surface area contributed by atoms with E-state index in [4.69, 9.17) is 0 Å². The van der Waals surface area contributed by atoms with Gasteiger partial charge >= 0.3 is 0 Å². The molecule has 1 N–H and O–H groups in total. The van der Waals surface area contributed by atoms with Gasteiger partial charge in [-0.05, 0) is 37.3 Å². The number of likely N-dealkylation sites (tertiary alicyclic amines) is 1. The fraction of sp³-hybridized carbons (Fsp3) is 0.500. The first-order valence-electron chi connectivity index (χ1n) is 6.75. The lowest BCUT2D eigenvalue weighted by atomic mass is 9.57. The zero-order valence-electron chi connectivity index (χ0n) is 10.7. The SMILES string of the molecule is O=CN1CC2(CC(Cc3ccc4[nH]ncc4n3)C2)C1. The van der Waals surface area contributed by atoms with Crippen LogP contribution in [-0.2, 0) is 11.2 Å². The molecule has 1 amide bonds. The lowest BCUT2D eigenvalue weighted by Gasteiger charge is -2.58. The molecule has 1 aliphatic carbocycles. The van der Waals surface area contributed by atoms with Gasteiger partial charge in [0.05, 0.1) is 11.7 Å². The van der Waals surface area contributed by atoms with E-state index in [1.807, 2.05) is 4.90 Å². The van der Waals surface area contributed by atoms with Crippen LogP contribution in [-0.4, -0.2) is 39.6 Å². The fourth-order valence-corrected chi connectivity index (χ4v) is 3.74. The molecular formula is C14H16N4O. The highest BCUT2D eigenvalue weighted by Gasteiger charge is 2.51. The highest BCUT2D eigenvalue weighted by molar-refractivity contribution is 5.73. The van der Waals surface area contributed by atoms with Gasteiger partial charge in [0.25, 0.3) is 0 Å². The third kappa shape index (κ3) is 1.72. The molecule has 2 fully saturated rings. The van der Waals surface area contributed by atoms with Crippen molar-refractivity contribution in [2.75, 3.05) is 13.1 Å². The molecule has 4 rings (SSSR count). The number of amides is 1. The van der Waals surface area contributed by atoms with Crippen LogP contribution in [0, 0.1) is 11.3 Å². The lowest BCUT2D eigenvalue weighted by molar-refractivity contribution is -0.141. The van der Waals surface area contributed by atoms with Crippen molar-refractivity contribution in [2.24, 2.45) is 11.3 Å². The first-order valence-corrected chi connectivity index (χ1v) is 6.75. The van der Waals surface area contributed by atoms with Crippen LogP contribution < -0.4 is 0 Å². The Morgan fingerprint density at radius 1 is 1.42 bits per heavy atom. The molecule has 0 aromatic carbocycles. The number of rotatable bonds is 3. The molecule has 5 nitrogen and oxygen atoms in total. The van der Waals surface area contributed by atoms with Crippen molar-refractivity contribution >= 4 is 17.4 Å². The normalized spacial score (nSPS) is 21.4. The molecule has 1 aliphatic heterocycles. The molecule has 0 radical (unpaired) electrons. The van der Waals surface area contributed by atoms with Crippen molar-refractivity contribution in [1.82, 2.24) is 20.1 Å². The van der Waals surface area contributed by atoms with E-state index in [0.29, 0.717) is 5.41 Å². The van der Waals surface area contributed by atoms with Gasteiger partial charge in [0.1, 0.15) is 5.52 Å². The van der Waals surface area contributed by atoms with Gasteiger partial charge in [-0.2, -0.15) is 5.10 Å². The van der Waals surface area contributed by atoms with Crippen molar-refractivity contribution in [2.45, 2.75) is 19.3 Å². The summed E-state index contributed by atoms with van der Waals surface area (Å²) in [6.07, 6.45) is 6.26. The molecule has 0 bridgehead atoms. The third-order valence-electron chi connectivity index (χ3n) is 4.52. The van der Waals surface area contributed by atoms with Crippen LogP contribution in [0.1, 0.15) is 18.5 Å². The summed E-state index contributed by atoms with van der Waals surface area (Å²) in [4.78, 5) is 17.1. The summed E-state index contributed by atoms with van der Waals surface area (Å²) in [7, 11) is 0. The Hall–Kier alpha value is -1.91. The second-order valence-electron chi connectivity index (χ2n) is 6.09. The summed E-state index contributed by atoms with van der Waals surface area (Å²) >= 11 is 0. The Labute approximate surface area is 111 Å². The molecule has 1 saturated heterocycles. The van der Waals surface area contributed by atoms with Crippen molar-refractivity contribution in [3.05, 3.63) is 24.0 Å². The van der Waals surface area contributed by atoms with Crippen LogP contribution in [0.15, 0.2) is 18.3 Å². The van der Waals surface area contributed by atoms with Crippen LogP contribution in [0.25, 0.3) is 11.0 Å². The van der Waals surface area contributed by atoms with E-state index in [0.717, 1.165) is 48.6 Å². The maximum Gasteiger partial charge on any atom is 0.209 e. The predicted octanol–water partition coefficient (Wildman–Crippen LogP) is 1.37. The van der Waals surface area contributed by atoms with Crippen molar-refractivity contribution in [3.63, 3.8) is 0 Å². The van der Waals surface area contributed by atoms with Crippen LogP contribution in [0.3, 0.4) is 0 Å². The number of aromatic amines is 1. The maximum absolute atomic E-state index is 10.6. The van der Waals surface area contributed by atoms with E-state index >= 15 is 0 Å². The monoisotopic (exact) mass is 256 g/mol. The average Bonchev–Trinajstić information content (AvgIpc) is 2.77. The van der Waals surface area contributed by atoms with Gasteiger partial charge in [0, 0.05) is 24.2 Å². The van der Waals surface area contributed by atoms with Crippen molar-refractivity contribution < 1.29 is 4.79 Å². The minimum atomic E-state index is 0.450. The third-order valence-corrected chi connectivity index (χ3v) is 4.52. The second-order valence-corrected chi connectivity index (χ2v) is 6.09. The van der Waals surface area contributed by atoms with Crippen molar-refractivity contribution in [3.8, 4) is 0 Å². The van der Waals surface area contributed by atoms with E-state index < -0.39 is 0 Å². The molecule has 1 spiro atoms. The summed E-state index contributed by atoms with van der Waals surface area (Å²) < 4.78 is 0. The molecule has 19 heavy (non-hydrogen) atoms. The average molecular weight is 256 g/mol. The smallest absolute Gasteiger partial charge is 0.209 e. The number of carbonyl (C=O) groups is 1. The Kier molecular flexibility index (Phi) is 2.19. The summed E-state index contributed by atoms with van der Waals surface area (Å²) in [5.41, 5.74) is 3.54. The molecule has 0 unspecified atom stereocenters. The maximum atomic E-state index is 10.6. The van der Waals surface area contributed by atoms with Gasteiger partial charge in [-0.15, -0.1) is 0 Å². The molecule has 3 heterocycles. The minimum absolute atomic E-state index is 0.450. The summed E-state index contributed by atoms with van der Waals surface area (Å²) in [5.74, 6) is 0.727. The van der Waals surface area contributed by atoms with E-state index in [-0.39, 0.29) is 0 Å². The number of nitrogens with one attached hydrogen (secondary N) is 1. The topological polar surface area (TPSA) is 61.9 Å². The first-order chi connectivity index (χ1) is 9.26. The number of fused-ring (bicyclic) bond motifs is 1. The van der Waals surface area contributed by atoms with E-state index in [2.05, 4.69) is 27.3 Å². The number of hydrogen-bond donors (Lipinski definition) is 1. The predicted molar refractivity (Wildman–Crippen MR) is 70.4 cm³/mol. The zero-order chi connectivity index (χ0) is 12.9. The number of H-pyrrole nitrogens is 1. The van der Waals surface area contributed by atoms with Gasteiger partial charge in [0.2, 0.25) is 6.41 Å². The van der Waals surface area contributed by atoms with Gasteiger partial charge in [-0.3, -0.25) is 9.89 Å². The lowest BCUT2D eigenvalue weighted by Crippen LogP contribution is -2.61. The van der Waals surface area contributed by atoms with E-state index in [9.17, 15) is 4.79 Å². The van der Waals surface area contributed by atoms with Gasteiger partial charge in [0.15, 0.2) is 0 Å². The molecule has 2 aliphatic rings. The Bertz CT molecular complexity index is 621. The van der Waals surface area contributed by atoms with Crippen LogP contribution in [0.2, 0.25) is 0 Å². The van der Waals surface area contributed by atoms with Crippen molar-refractivity contribution in [1.29, 1.82) is 0 Å². The largest absolute Gasteiger partial charge is 0.344 e. The number of aromatic nitrogens is 3. The Balaban J connectivity index is 1.39. The number of pyridine rings is 1. The van der Waals surface area contributed by atoms with E-state index in [1.165, 1.54) is 12.8 Å². The molecule has 2 aromatic heterocycles. The molecule has 0 atom stereocenters. The fourth-order valence-electron chi connectivity index (χ4n) is 3.74. The summed E-state index contributed by atoms with van der Waals surface area (Å²) in [6.45, 7) is 1.92. The van der Waals surface area contributed by atoms with Crippen LogP contribution in [0.5, 0.6) is 0 Å². The second kappa shape index (κ2) is 3.79. The quantitative estimate of drug-likeness (QED) is 0.844. The highest BCUT2D eigenvalue weighted by Crippen LogP contribution is 2.52. The molecule has 2 aromatic rings. The summed E-state index contributed by atoms with van der Waals surface area (Å²) in [5, 5.41) is 6.91. The molecule has 5 heteroatoms. The molecule has 1 saturated carbocycles. The number of carbonyl (C=O) groups excluding carboxylic acids is 1. The summed E-state index contributed by atoms with van der Waals surface area (Å²) in [6, 6.07) is 4.14. The number of nitrogens with zero attached hydrogens (tertiary/aromatic N) is 3.